The minimum atomic E-state index is -0.346. The van der Waals surface area contributed by atoms with Crippen LogP contribution < -0.4 is 9.64 Å². The minimum Gasteiger partial charge on any atom is -0.490 e. The van der Waals surface area contributed by atoms with E-state index >= 15 is 0 Å². The lowest BCUT2D eigenvalue weighted by molar-refractivity contribution is 0.172. The Morgan fingerprint density at radius 1 is 1.28 bits per heavy atom. The molecular weight excluding hydrogens is 319 g/mol. The van der Waals surface area contributed by atoms with Crippen molar-refractivity contribution in [3.8, 4) is 17.0 Å². The van der Waals surface area contributed by atoms with Crippen molar-refractivity contribution in [2.75, 3.05) is 31.1 Å². The Labute approximate surface area is 147 Å². The fourth-order valence-corrected chi connectivity index (χ4v) is 3.67. The highest BCUT2D eigenvalue weighted by molar-refractivity contribution is 5.66. The zero-order valence-electron chi connectivity index (χ0n) is 14.7. The third-order valence-corrected chi connectivity index (χ3v) is 5.09. The molecule has 132 valence electrons. The zero-order valence-corrected chi connectivity index (χ0v) is 14.7. The van der Waals surface area contributed by atoms with Gasteiger partial charge in [-0.2, -0.15) is 0 Å². The van der Waals surface area contributed by atoms with Crippen molar-refractivity contribution in [3.63, 3.8) is 0 Å². The molecule has 2 aromatic heterocycles. The molecule has 0 saturated carbocycles. The van der Waals surface area contributed by atoms with Crippen molar-refractivity contribution in [2.45, 2.75) is 32.4 Å². The van der Waals surface area contributed by atoms with Gasteiger partial charge in [0.1, 0.15) is 11.5 Å². The van der Waals surface area contributed by atoms with Crippen LogP contribution in [0, 0.1) is 5.82 Å². The first-order valence-electron chi connectivity index (χ1n) is 8.88. The highest BCUT2D eigenvalue weighted by Gasteiger charge is 2.32. The van der Waals surface area contributed by atoms with Gasteiger partial charge in [-0.15, -0.1) is 0 Å². The molecule has 1 atom stereocenters. The normalized spacial score (nSPS) is 20.6. The minimum absolute atomic E-state index is 0.312. The first-order chi connectivity index (χ1) is 12.1. The number of aromatic nitrogens is 2. The molecular formula is C19H23FN4O. The number of hydrogen-bond acceptors (Lipinski definition) is 5. The summed E-state index contributed by atoms with van der Waals surface area (Å²) in [6, 6.07) is 5.82. The van der Waals surface area contributed by atoms with E-state index in [9.17, 15) is 4.39 Å². The summed E-state index contributed by atoms with van der Waals surface area (Å²) < 4.78 is 20.0. The van der Waals surface area contributed by atoms with Gasteiger partial charge in [-0.1, -0.05) is 0 Å². The highest BCUT2D eigenvalue weighted by Crippen LogP contribution is 2.36. The Kier molecular flexibility index (Phi) is 4.29. The largest absolute Gasteiger partial charge is 0.490 e. The van der Waals surface area contributed by atoms with Crippen molar-refractivity contribution in [1.29, 1.82) is 0 Å². The molecule has 4 rings (SSSR count). The summed E-state index contributed by atoms with van der Waals surface area (Å²) in [5.41, 5.74) is 0.961. The maximum absolute atomic E-state index is 14.0. The molecule has 0 bridgehead atoms. The van der Waals surface area contributed by atoms with Crippen LogP contribution in [0.1, 0.15) is 20.3 Å². The summed E-state index contributed by atoms with van der Waals surface area (Å²) in [5, 5.41) is 0. The summed E-state index contributed by atoms with van der Waals surface area (Å²) in [7, 11) is 0. The highest BCUT2D eigenvalue weighted by atomic mass is 19.1. The lowest BCUT2D eigenvalue weighted by Gasteiger charge is -2.42. The first-order valence-corrected chi connectivity index (χ1v) is 8.88. The zero-order chi connectivity index (χ0) is 17.4. The summed E-state index contributed by atoms with van der Waals surface area (Å²) in [4.78, 5) is 13.6. The molecule has 1 saturated heterocycles. The van der Waals surface area contributed by atoms with Gasteiger partial charge in [-0.3, -0.25) is 9.88 Å². The Bertz CT molecular complexity index is 767. The van der Waals surface area contributed by atoms with Gasteiger partial charge in [-0.25, -0.2) is 9.37 Å². The van der Waals surface area contributed by atoms with Crippen molar-refractivity contribution < 1.29 is 9.13 Å². The predicted molar refractivity (Wildman–Crippen MR) is 95.4 cm³/mol. The molecule has 25 heavy (non-hydrogen) atoms. The van der Waals surface area contributed by atoms with Crippen LogP contribution >= 0.6 is 0 Å². The molecule has 0 aliphatic carbocycles. The van der Waals surface area contributed by atoms with Crippen LogP contribution in [0.3, 0.4) is 0 Å². The first kappa shape index (κ1) is 16.3. The Balaban J connectivity index is 1.66. The van der Waals surface area contributed by atoms with Crippen molar-refractivity contribution in [2.24, 2.45) is 0 Å². The SMILES string of the molecule is CC(C)N1CCN2c3ncc(-c4ncccc4F)cc3OCCC2C1. The monoisotopic (exact) mass is 342 g/mol. The van der Waals surface area contributed by atoms with E-state index in [-0.39, 0.29) is 5.82 Å². The van der Waals surface area contributed by atoms with Gasteiger partial charge in [0.15, 0.2) is 11.6 Å². The number of anilines is 1. The Morgan fingerprint density at radius 2 is 2.16 bits per heavy atom. The number of pyridine rings is 2. The molecule has 0 aromatic carbocycles. The molecule has 1 fully saturated rings. The lowest BCUT2D eigenvalue weighted by Crippen LogP contribution is -2.55. The van der Waals surface area contributed by atoms with Crippen LogP contribution in [0.5, 0.6) is 5.75 Å². The quantitative estimate of drug-likeness (QED) is 0.839. The number of halogens is 1. The predicted octanol–water partition coefficient (Wildman–Crippen LogP) is 2.96. The maximum atomic E-state index is 14.0. The summed E-state index contributed by atoms with van der Waals surface area (Å²) in [6.45, 7) is 8.11. The van der Waals surface area contributed by atoms with Gasteiger partial charge in [0.05, 0.1) is 6.61 Å². The molecule has 2 aliphatic heterocycles. The van der Waals surface area contributed by atoms with Gasteiger partial charge >= 0.3 is 0 Å². The molecule has 4 heterocycles. The molecule has 0 radical (unpaired) electrons. The van der Waals surface area contributed by atoms with Crippen LogP contribution in [-0.4, -0.2) is 53.2 Å². The number of hydrogen-bond donors (Lipinski definition) is 0. The van der Waals surface area contributed by atoms with Gasteiger partial charge in [0, 0.05) is 56.1 Å². The number of piperazine rings is 1. The van der Waals surface area contributed by atoms with E-state index in [0.717, 1.165) is 37.6 Å². The fourth-order valence-electron chi connectivity index (χ4n) is 3.67. The third kappa shape index (κ3) is 3.06. The molecule has 2 aliphatic rings. The topological polar surface area (TPSA) is 41.5 Å². The standard InChI is InChI=1S/C19H23FN4O/c1-13(2)23-7-8-24-15(12-23)5-9-25-17-10-14(11-22-19(17)24)18-16(20)4-3-6-21-18/h3-4,6,10-11,13,15H,5,7-9,12H2,1-2H3. The molecule has 0 amide bonds. The summed E-state index contributed by atoms with van der Waals surface area (Å²) in [5.74, 6) is 1.25. The Morgan fingerprint density at radius 3 is 2.96 bits per heavy atom. The summed E-state index contributed by atoms with van der Waals surface area (Å²) >= 11 is 0. The second-order valence-electron chi connectivity index (χ2n) is 6.95. The van der Waals surface area contributed by atoms with E-state index in [2.05, 4.69) is 33.6 Å². The van der Waals surface area contributed by atoms with E-state index in [4.69, 9.17) is 4.74 Å². The molecule has 2 aromatic rings. The van der Waals surface area contributed by atoms with Gasteiger partial charge in [0.2, 0.25) is 0 Å². The van der Waals surface area contributed by atoms with Crippen LogP contribution in [0.4, 0.5) is 10.2 Å². The fraction of sp³-hybridized carbons (Fsp3) is 0.474. The van der Waals surface area contributed by atoms with Crippen LogP contribution in [0.2, 0.25) is 0 Å². The van der Waals surface area contributed by atoms with Gasteiger partial charge in [0.25, 0.3) is 0 Å². The number of ether oxygens (including phenoxy) is 1. The molecule has 5 nitrogen and oxygen atoms in total. The van der Waals surface area contributed by atoms with Crippen molar-refractivity contribution >= 4 is 5.82 Å². The van der Waals surface area contributed by atoms with E-state index < -0.39 is 0 Å². The smallest absolute Gasteiger partial charge is 0.171 e. The van der Waals surface area contributed by atoms with E-state index in [1.165, 1.54) is 6.07 Å². The summed E-state index contributed by atoms with van der Waals surface area (Å²) in [6.07, 6.45) is 4.25. The number of fused-ring (bicyclic) bond motifs is 3. The van der Waals surface area contributed by atoms with Crippen LogP contribution in [0.25, 0.3) is 11.3 Å². The van der Waals surface area contributed by atoms with Gasteiger partial charge in [-0.05, 0) is 32.0 Å². The number of rotatable bonds is 2. The lowest BCUT2D eigenvalue weighted by atomic mass is 10.1. The molecule has 0 N–H and O–H groups in total. The second kappa shape index (κ2) is 6.59. The molecule has 6 heteroatoms. The third-order valence-electron chi connectivity index (χ3n) is 5.09. The van der Waals surface area contributed by atoms with E-state index in [1.54, 1.807) is 18.5 Å². The van der Waals surface area contributed by atoms with Gasteiger partial charge < -0.3 is 9.64 Å². The van der Waals surface area contributed by atoms with E-state index in [0.29, 0.717) is 29.9 Å². The number of nitrogens with zero attached hydrogens (tertiary/aromatic N) is 4. The Hall–Kier alpha value is -2.21. The van der Waals surface area contributed by atoms with Crippen molar-refractivity contribution in [3.05, 3.63) is 36.4 Å². The maximum Gasteiger partial charge on any atom is 0.171 e. The molecule has 1 unspecified atom stereocenters. The average Bonchev–Trinajstić information content (AvgIpc) is 2.80. The van der Waals surface area contributed by atoms with Crippen molar-refractivity contribution in [1.82, 2.24) is 14.9 Å². The average molecular weight is 342 g/mol. The molecule has 0 spiro atoms. The van der Waals surface area contributed by atoms with Crippen LogP contribution in [-0.2, 0) is 0 Å². The van der Waals surface area contributed by atoms with E-state index in [1.807, 2.05) is 6.07 Å². The second-order valence-corrected chi connectivity index (χ2v) is 6.95. The van der Waals surface area contributed by atoms with Crippen LogP contribution in [0.15, 0.2) is 30.6 Å².